The number of ketones is 1. The molecule has 0 aromatic heterocycles. The van der Waals surface area contributed by atoms with E-state index in [-0.39, 0.29) is 25.0 Å². The first-order chi connectivity index (χ1) is 13.6. The molecule has 29 heavy (non-hydrogen) atoms. The summed E-state index contributed by atoms with van der Waals surface area (Å²) < 4.78 is 21.3. The molecule has 1 aliphatic heterocycles. The number of Topliss-reactive ketones (excluding diaryl/α,β-unsaturated/α-hetero) is 1. The van der Waals surface area contributed by atoms with Crippen LogP contribution in [0.2, 0.25) is 0 Å². The number of carbonyl (C=O) groups is 4. The van der Waals surface area contributed by atoms with Gasteiger partial charge in [0.15, 0.2) is 12.2 Å². The van der Waals surface area contributed by atoms with Crippen LogP contribution in [0.4, 0.5) is 0 Å². The van der Waals surface area contributed by atoms with Crippen LogP contribution < -0.4 is 0 Å². The Morgan fingerprint density at radius 2 is 1.79 bits per heavy atom. The normalized spacial score (nSPS) is 25.7. The topological polar surface area (TPSA) is 154 Å². The molecule has 0 aliphatic carbocycles. The number of ether oxygens (including phenoxy) is 4. The SMILES string of the molecule is CC[C@@H](OC(C)=O)[C@@H](OC(C)=O)C1OC(C(=O)OC)C[C@@H](N=[N+]=[N-])[C@H]1CC(C)=O. The number of hydrogen-bond acceptors (Lipinski definition) is 9. The summed E-state index contributed by atoms with van der Waals surface area (Å²) in [4.78, 5) is 50.1. The molecule has 0 amide bonds. The van der Waals surface area contributed by atoms with Crippen LogP contribution in [0.15, 0.2) is 5.11 Å². The molecule has 11 heteroatoms. The van der Waals surface area contributed by atoms with Gasteiger partial charge in [0.1, 0.15) is 18.0 Å². The molecule has 0 aromatic carbocycles. The van der Waals surface area contributed by atoms with Gasteiger partial charge >= 0.3 is 17.9 Å². The molecule has 0 spiro atoms. The first kappa shape index (κ1) is 24.4. The highest BCUT2D eigenvalue weighted by Crippen LogP contribution is 2.36. The van der Waals surface area contributed by atoms with Crippen molar-refractivity contribution in [1.82, 2.24) is 0 Å². The largest absolute Gasteiger partial charge is 0.467 e. The Morgan fingerprint density at radius 3 is 2.24 bits per heavy atom. The van der Waals surface area contributed by atoms with Crippen molar-refractivity contribution in [1.29, 1.82) is 0 Å². The van der Waals surface area contributed by atoms with Crippen LogP contribution in [0.5, 0.6) is 0 Å². The second-order valence-corrected chi connectivity index (χ2v) is 6.82. The van der Waals surface area contributed by atoms with Crippen LogP contribution in [0.1, 0.15) is 47.0 Å². The van der Waals surface area contributed by atoms with Crippen LogP contribution in [-0.2, 0) is 38.1 Å². The van der Waals surface area contributed by atoms with Crippen molar-refractivity contribution in [3.05, 3.63) is 10.4 Å². The molecule has 1 saturated heterocycles. The molecular formula is C18H27N3O8. The van der Waals surface area contributed by atoms with Crippen molar-refractivity contribution >= 4 is 23.7 Å². The van der Waals surface area contributed by atoms with Crippen molar-refractivity contribution in [3.63, 3.8) is 0 Å². The minimum absolute atomic E-state index is 0.00231. The number of rotatable bonds is 9. The molecule has 0 N–H and O–H groups in total. The smallest absolute Gasteiger partial charge is 0.334 e. The van der Waals surface area contributed by atoms with Crippen molar-refractivity contribution < 1.29 is 38.1 Å². The van der Waals surface area contributed by atoms with Crippen molar-refractivity contribution in [2.24, 2.45) is 11.0 Å². The van der Waals surface area contributed by atoms with Gasteiger partial charge in [0.05, 0.1) is 7.11 Å². The van der Waals surface area contributed by atoms with Crippen LogP contribution >= 0.6 is 0 Å². The molecule has 0 radical (unpaired) electrons. The molecular weight excluding hydrogens is 386 g/mol. The second-order valence-electron chi connectivity index (χ2n) is 6.82. The van der Waals surface area contributed by atoms with Gasteiger partial charge in [0.25, 0.3) is 0 Å². The number of hydrogen-bond donors (Lipinski definition) is 0. The lowest BCUT2D eigenvalue weighted by molar-refractivity contribution is -0.207. The summed E-state index contributed by atoms with van der Waals surface area (Å²) in [5.74, 6) is -2.86. The van der Waals surface area contributed by atoms with Gasteiger partial charge < -0.3 is 23.7 Å². The number of carbonyl (C=O) groups excluding carboxylic acids is 4. The predicted molar refractivity (Wildman–Crippen MR) is 98.4 cm³/mol. The molecule has 1 aliphatic rings. The van der Waals surface area contributed by atoms with Gasteiger partial charge in [0.2, 0.25) is 0 Å². The van der Waals surface area contributed by atoms with E-state index in [1.54, 1.807) is 6.92 Å². The maximum atomic E-state index is 12.1. The molecule has 0 aromatic rings. The molecule has 1 fully saturated rings. The number of nitrogens with zero attached hydrogens (tertiary/aromatic N) is 3. The highest BCUT2D eigenvalue weighted by Gasteiger charge is 2.48. The van der Waals surface area contributed by atoms with E-state index in [1.165, 1.54) is 27.9 Å². The fourth-order valence-electron chi connectivity index (χ4n) is 3.49. The van der Waals surface area contributed by atoms with Crippen molar-refractivity contribution in [2.45, 2.75) is 77.4 Å². The predicted octanol–water partition coefficient (Wildman–Crippen LogP) is 1.86. The fourth-order valence-corrected chi connectivity index (χ4v) is 3.49. The fraction of sp³-hybridized carbons (Fsp3) is 0.778. The van der Waals surface area contributed by atoms with Crippen LogP contribution in [0.3, 0.4) is 0 Å². The van der Waals surface area contributed by atoms with E-state index >= 15 is 0 Å². The van der Waals surface area contributed by atoms with E-state index in [4.69, 9.17) is 24.5 Å². The third-order valence-electron chi connectivity index (χ3n) is 4.59. The van der Waals surface area contributed by atoms with Gasteiger partial charge in [-0.3, -0.25) is 9.59 Å². The lowest BCUT2D eigenvalue weighted by Crippen LogP contribution is -2.56. The van der Waals surface area contributed by atoms with E-state index in [9.17, 15) is 19.2 Å². The summed E-state index contributed by atoms with van der Waals surface area (Å²) in [5.41, 5.74) is 8.96. The minimum atomic E-state index is -1.12. The van der Waals surface area contributed by atoms with Gasteiger partial charge in [-0.05, 0) is 25.3 Å². The molecule has 1 heterocycles. The summed E-state index contributed by atoms with van der Waals surface area (Å²) in [7, 11) is 1.18. The Labute approximate surface area is 168 Å². The van der Waals surface area contributed by atoms with Gasteiger partial charge in [-0.2, -0.15) is 0 Å². The van der Waals surface area contributed by atoms with Crippen molar-refractivity contribution in [3.8, 4) is 0 Å². The van der Waals surface area contributed by atoms with E-state index in [0.29, 0.717) is 0 Å². The molecule has 2 unspecified atom stereocenters. The third kappa shape index (κ3) is 7.03. The standard InChI is InChI=1S/C18H27N3O8/c1-6-14(27-10(3)23)17(28-11(4)24)16-12(7-9(2)22)13(20-21-19)8-15(29-16)18(25)26-5/h12-17H,6-8H2,1-5H3/t12-,13-,14-,15?,16?,17-/m1/s1. The van der Waals surface area contributed by atoms with E-state index in [0.717, 1.165) is 0 Å². The second kappa shape index (κ2) is 11.4. The quantitative estimate of drug-likeness (QED) is 0.182. The number of azide groups is 1. The summed E-state index contributed by atoms with van der Waals surface area (Å²) in [6.07, 6.45) is -3.91. The van der Waals surface area contributed by atoms with E-state index in [2.05, 4.69) is 10.0 Å². The summed E-state index contributed by atoms with van der Waals surface area (Å²) >= 11 is 0. The molecule has 0 saturated carbocycles. The molecule has 6 atom stereocenters. The summed E-state index contributed by atoms with van der Waals surface area (Å²) in [6.45, 7) is 5.47. The van der Waals surface area contributed by atoms with Gasteiger partial charge in [0, 0.05) is 37.1 Å². The zero-order chi connectivity index (χ0) is 22.1. The Kier molecular flexibility index (Phi) is 9.57. The first-order valence-electron chi connectivity index (χ1n) is 9.25. The first-order valence-corrected chi connectivity index (χ1v) is 9.25. The van der Waals surface area contributed by atoms with E-state index in [1.807, 2.05) is 0 Å². The highest BCUT2D eigenvalue weighted by molar-refractivity contribution is 5.77. The highest BCUT2D eigenvalue weighted by atomic mass is 16.6. The van der Waals surface area contributed by atoms with Crippen LogP contribution in [0.25, 0.3) is 10.4 Å². The molecule has 11 nitrogen and oxygen atoms in total. The zero-order valence-electron chi connectivity index (χ0n) is 17.2. The van der Waals surface area contributed by atoms with Gasteiger partial charge in [-0.25, -0.2) is 4.79 Å². The van der Waals surface area contributed by atoms with Crippen LogP contribution in [-0.4, -0.2) is 61.3 Å². The maximum Gasteiger partial charge on any atom is 0.334 e. The zero-order valence-corrected chi connectivity index (χ0v) is 17.2. The van der Waals surface area contributed by atoms with Crippen LogP contribution in [0, 0.1) is 5.92 Å². The van der Waals surface area contributed by atoms with Gasteiger partial charge in [-0.15, -0.1) is 0 Å². The lowest BCUT2D eigenvalue weighted by atomic mass is 9.80. The third-order valence-corrected chi connectivity index (χ3v) is 4.59. The molecule has 162 valence electrons. The Balaban J connectivity index is 3.45. The molecule has 1 rings (SSSR count). The Morgan fingerprint density at radius 1 is 1.17 bits per heavy atom. The maximum absolute atomic E-state index is 12.1. The van der Waals surface area contributed by atoms with Crippen molar-refractivity contribution in [2.75, 3.05) is 7.11 Å². The lowest BCUT2D eigenvalue weighted by Gasteiger charge is -2.43. The van der Waals surface area contributed by atoms with E-state index < -0.39 is 54.3 Å². The average Bonchev–Trinajstić information content (AvgIpc) is 2.64. The summed E-state index contributed by atoms with van der Waals surface area (Å²) in [6, 6.07) is -0.792. The Bertz CT molecular complexity index is 676. The minimum Gasteiger partial charge on any atom is -0.467 e. The molecule has 0 bridgehead atoms. The number of esters is 3. The summed E-state index contributed by atoms with van der Waals surface area (Å²) in [5, 5.41) is 3.74. The number of methoxy groups -OCH3 is 1. The van der Waals surface area contributed by atoms with Gasteiger partial charge in [-0.1, -0.05) is 12.0 Å². The Hall–Kier alpha value is -2.65. The average molecular weight is 413 g/mol. The monoisotopic (exact) mass is 413 g/mol.